The SMILES string of the molecule is Cc1cccc(Cl)c1C(=O)c1cc(C(=O)O)c2ccccn12. The normalized spacial score (nSPS) is 10.8. The van der Waals surface area contributed by atoms with Crippen LogP contribution in [0.3, 0.4) is 0 Å². The molecule has 3 aromatic rings. The van der Waals surface area contributed by atoms with Crippen molar-refractivity contribution in [3.8, 4) is 0 Å². The Kier molecular flexibility index (Phi) is 3.47. The van der Waals surface area contributed by atoms with E-state index < -0.39 is 5.97 Å². The number of aryl methyl sites for hydroxylation is 1. The molecule has 0 saturated heterocycles. The zero-order chi connectivity index (χ0) is 15.9. The highest BCUT2D eigenvalue weighted by Crippen LogP contribution is 2.25. The maximum absolute atomic E-state index is 12.8. The van der Waals surface area contributed by atoms with E-state index in [1.807, 2.05) is 0 Å². The Labute approximate surface area is 131 Å². The van der Waals surface area contributed by atoms with Gasteiger partial charge < -0.3 is 9.51 Å². The van der Waals surface area contributed by atoms with Gasteiger partial charge in [0, 0.05) is 11.8 Å². The van der Waals surface area contributed by atoms with Gasteiger partial charge in [0.25, 0.3) is 0 Å². The molecule has 3 rings (SSSR count). The van der Waals surface area contributed by atoms with Gasteiger partial charge in [-0.05, 0) is 36.8 Å². The van der Waals surface area contributed by atoms with Crippen molar-refractivity contribution in [1.82, 2.24) is 4.40 Å². The number of carboxylic acid groups (broad SMARTS) is 1. The number of carbonyl (C=O) groups excluding carboxylic acids is 1. The predicted octanol–water partition coefficient (Wildman–Crippen LogP) is 3.83. The lowest BCUT2D eigenvalue weighted by molar-refractivity contribution is 0.0699. The average Bonchev–Trinajstić information content (AvgIpc) is 2.86. The van der Waals surface area contributed by atoms with Gasteiger partial charge in [0.05, 0.1) is 21.8 Å². The molecule has 1 N–H and O–H groups in total. The van der Waals surface area contributed by atoms with E-state index >= 15 is 0 Å². The first-order valence-corrected chi connectivity index (χ1v) is 7.01. The van der Waals surface area contributed by atoms with Crippen LogP contribution in [0.4, 0.5) is 0 Å². The maximum atomic E-state index is 12.8. The molecule has 2 heterocycles. The van der Waals surface area contributed by atoms with Crippen LogP contribution in [0.2, 0.25) is 5.02 Å². The number of aromatic carboxylic acids is 1. The molecule has 22 heavy (non-hydrogen) atoms. The van der Waals surface area contributed by atoms with Crippen molar-refractivity contribution in [2.24, 2.45) is 0 Å². The van der Waals surface area contributed by atoms with Gasteiger partial charge in [0.15, 0.2) is 0 Å². The standard InChI is InChI=1S/C17H12ClNO3/c1-10-5-4-6-12(18)15(10)16(20)14-9-11(17(21)22)13-7-2-3-8-19(13)14/h2-9H,1H3,(H,21,22). The van der Waals surface area contributed by atoms with Gasteiger partial charge >= 0.3 is 5.97 Å². The number of pyridine rings is 1. The Morgan fingerprint density at radius 2 is 1.91 bits per heavy atom. The minimum atomic E-state index is -1.07. The number of fused-ring (bicyclic) bond motifs is 1. The van der Waals surface area contributed by atoms with E-state index in [1.165, 1.54) is 6.07 Å². The highest BCUT2D eigenvalue weighted by atomic mass is 35.5. The van der Waals surface area contributed by atoms with Crippen molar-refractivity contribution in [2.45, 2.75) is 6.92 Å². The number of ketones is 1. The third-order valence-electron chi connectivity index (χ3n) is 3.59. The summed E-state index contributed by atoms with van der Waals surface area (Å²) in [7, 11) is 0. The van der Waals surface area contributed by atoms with Crippen LogP contribution in [-0.2, 0) is 0 Å². The number of carboxylic acids is 1. The molecule has 1 aromatic carbocycles. The van der Waals surface area contributed by atoms with Crippen LogP contribution in [0.1, 0.15) is 32.0 Å². The van der Waals surface area contributed by atoms with Gasteiger partial charge in [0.2, 0.25) is 5.78 Å². The van der Waals surface area contributed by atoms with E-state index in [4.69, 9.17) is 11.6 Å². The van der Waals surface area contributed by atoms with Gasteiger partial charge in [-0.2, -0.15) is 0 Å². The minimum absolute atomic E-state index is 0.0913. The Balaban J connectivity index is 2.27. The molecule has 0 amide bonds. The van der Waals surface area contributed by atoms with Crippen LogP contribution >= 0.6 is 11.6 Å². The molecule has 0 atom stereocenters. The first kappa shape index (κ1) is 14.4. The Morgan fingerprint density at radius 3 is 2.59 bits per heavy atom. The van der Waals surface area contributed by atoms with Crippen LogP contribution in [0.5, 0.6) is 0 Å². The molecule has 0 aliphatic carbocycles. The van der Waals surface area contributed by atoms with E-state index in [2.05, 4.69) is 0 Å². The number of benzene rings is 1. The smallest absolute Gasteiger partial charge is 0.337 e. The summed E-state index contributed by atoms with van der Waals surface area (Å²) >= 11 is 6.15. The molecule has 0 aliphatic rings. The summed E-state index contributed by atoms with van der Waals surface area (Å²) in [5.41, 5.74) is 1.99. The van der Waals surface area contributed by atoms with E-state index in [0.717, 1.165) is 5.56 Å². The van der Waals surface area contributed by atoms with Crippen molar-refractivity contribution in [1.29, 1.82) is 0 Å². The summed E-state index contributed by atoms with van der Waals surface area (Å²) in [6.07, 6.45) is 1.67. The van der Waals surface area contributed by atoms with Gasteiger partial charge in [-0.1, -0.05) is 29.8 Å². The summed E-state index contributed by atoms with van der Waals surface area (Å²) in [6.45, 7) is 1.80. The zero-order valence-corrected chi connectivity index (χ0v) is 12.5. The fourth-order valence-corrected chi connectivity index (χ4v) is 2.85. The van der Waals surface area contributed by atoms with Gasteiger partial charge in [0.1, 0.15) is 0 Å². The van der Waals surface area contributed by atoms with Crippen LogP contribution in [0, 0.1) is 6.92 Å². The predicted molar refractivity (Wildman–Crippen MR) is 84.0 cm³/mol. The molecule has 0 radical (unpaired) electrons. The fourth-order valence-electron chi connectivity index (χ4n) is 2.55. The second kappa shape index (κ2) is 5.31. The number of halogens is 1. The third kappa shape index (κ3) is 2.18. The van der Waals surface area contributed by atoms with Crippen LogP contribution in [-0.4, -0.2) is 21.3 Å². The lowest BCUT2D eigenvalue weighted by atomic mass is 10.0. The molecule has 2 aromatic heterocycles. The molecule has 5 heteroatoms. The summed E-state index contributed by atoms with van der Waals surface area (Å²) in [5, 5.41) is 9.66. The number of aromatic nitrogens is 1. The van der Waals surface area contributed by atoms with Crippen molar-refractivity contribution < 1.29 is 14.7 Å². The Hall–Kier alpha value is -2.59. The van der Waals surface area contributed by atoms with Crippen LogP contribution in [0.15, 0.2) is 48.7 Å². The summed E-state index contributed by atoms with van der Waals surface area (Å²) < 4.78 is 1.58. The molecule has 0 fully saturated rings. The quantitative estimate of drug-likeness (QED) is 0.748. The largest absolute Gasteiger partial charge is 0.478 e. The van der Waals surface area contributed by atoms with Gasteiger partial charge in [-0.25, -0.2) is 4.79 Å². The van der Waals surface area contributed by atoms with E-state index in [-0.39, 0.29) is 17.0 Å². The monoisotopic (exact) mass is 313 g/mol. The lowest BCUT2D eigenvalue weighted by Gasteiger charge is -2.07. The van der Waals surface area contributed by atoms with E-state index in [0.29, 0.717) is 16.1 Å². The van der Waals surface area contributed by atoms with Crippen molar-refractivity contribution in [3.63, 3.8) is 0 Å². The van der Waals surface area contributed by atoms with Crippen molar-refractivity contribution >= 4 is 28.9 Å². The third-order valence-corrected chi connectivity index (χ3v) is 3.90. The molecule has 0 spiro atoms. The lowest BCUT2D eigenvalue weighted by Crippen LogP contribution is -2.07. The molecule has 4 nitrogen and oxygen atoms in total. The maximum Gasteiger partial charge on any atom is 0.337 e. The second-order valence-corrected chi connectivity index (χ2v) is 5.37. The zero-order valence-electron chi connectivity index (χ0n) is 11.7. The molecule has 0 bridgehead atoms. The van der Waals surface area contributed by atoms with Crippen LogP contribution < -0.4 is 0 Å². The van der Waals surface area contributed by atoms with Crippen molar-refractivity contribution in [3.05, 3.63) is 76.1 Å². The summed E-state index contributed by atoms with van der Waals surface area (Å²) in [6, 6.07) is 11.8. The molecule has 0 unspecified atom stereocenters. The summed E-state index contributed by atoms with van der Waals surface area (Å²) in [4.78, 5) is 24.2. The second-order valence-electron chi connectivity index (χ2n) is 4.97. The highest BCUT2D eigenvalue weighted by molar-refractivity contribution is 6.35. The number of carbonyl (C=O) groups is 2. The molecule has 110 valence electrons. The molecule has 0 saturated carbocycles. The minimum Gasteiger partial charge on any atom is -0.478 e. The molecule has 0 aliphatic heterocycles. The Bertz CT molecular complexity index is 891. The van der Waals surface area contributed by atoms with Crippen molar-refractivity contribution in [2.75, 3.05) is 0 Å². The van der Waals surface area contributed by atoms with Crippen LogP contribution in [0.25, 0.3) is 5.52 Å². The summed E-state index contributed by atoms with van der Waals surface area (Å²) in [5.74, 6) is -1.37. The first-order valence-electron chi connectivity index (χ1n) is 6.64. The highest BCUT2D eigenvalue weighted by Gasteiger charge is 2.22. The number of hydrogen-bond acceptors (Lipinski definition) is 2. The van der Waals surface area contributed by atoms with E-state index in [9.17, 15) is 14.7 Å². The average molecular weight is 314 g/mol. The number of rotatable bonds is 3. The first-order chi connectivity index (χ1) is 10.5. The molecular formula is C17H12ClNO3. The molecular weight excluding hydrogens is 302 g/mol. The van der Waals surface area contributed by atoms with E-state index in [1.54, 1.807) is 53.9 Å². The van der Waals surface area contributed by atoms with Gasteiger partial charge in [-0.15, -0.1) is 0 Å². The van der Waals surface area contributed by atoms with Gasteiger partial charge in [-0.3, -0.25) is 4.79 Å². The number of nitrogens with zero attached hydrogens (tertiary/aromatic N) is 1. The fraction of sp³-hybridized carbons (Fsp3) is 0.0588. The number of hydrogen-bond donors (Lipinski definition) is 1. The Morgan fingerprint density at radius 1 is 1.14 bits per heavy atom. The topological polar surface area (TPSA) is 58.8 Å².